The van der Waals surface area contributed by atoms with Crippen molar-refractivity contribution in [1.29, 1.82) is 0 Å². The number of nitrogens with one attached hydrogen (secondary N) is 1. The molecule has 2 aromatic rings. The van der Waals surface area contributed by atoms with E-state index < -0.39 is 61.5 Å². The molecule has 4 fully saturated rings. The van der Waals surface area contributed by atoms with Gasteiger partial charge < -0.3 is 19.1 Å². The predicted octanol–water partition coefficient (Wildman–Crippen LogP) is 5.71. The van der Waals surface area contributed by atoms with E-state index in [4.69, 9.17) is 24.2 Å². The van der Waals surface area contributed by atoms with Crippen molar-refractivity contribution in [3.63, 3.8) is 0 Å². The summed E-state index contributed by atoms with van der Waals surface area (Å²) in [6.45, 7) is 11.2. The smallest absolute Gasteiger partial charge is 0.306 e. The number of nitrogens with zero attached hydrogens (tertiary/aromatic N) is 3. The molecule has 8 atom stereocenters. The highest BCUT2D eigenvalue weighted by Crippen LogP contribution is 2.58. The number of carbonyl (C=O) groups excluding carboxylic acids is 4. The third-order valence-electron chi connectivity index (χ3n) is 13.4. The predicted molar refractivity (Wildman–Crippen MR) is 208 cm³/mol. The number of hydrogen-bond donors (Lipinski definition) is 1. The number of hydrogen-bond acceptors (Lipinski definition) is 11. The first kappa shape index (κ1) is 40.4. The number of benzene rings is 1. The molecule has 1 saturated heterocycles. The number of ether oxygens (including phenoxy) is 3. The largest absolute Gasteiger partial charge is 0.497 e. The highest BCUT2D eigenvalue weighted by molar-refractivity contribution is 7.91. The molecule has 306 valence electrons. The Labute approximate surface area is 330 Å². The van der Waals surface area contributed by atoms with E-state index in [2.05, 4.69) is 4.72 Å². The van der Waals surface area contributed by atoms with Crippen LogP contribution in [0.15, 0.2) is 18.2 Å². The van der Waals surface area contributed by atoms with E-state index in [1.54, 1.807) is 20.1 Å². The van der Waals surface area contributed by atoms with Gasteiger partial charge in [-0.1, -0.05) is 53.9 Å². The minimum absolute atomic E-state index is 0.0448. The van der Waals surface area contributed by atoms with Crippen molar-refractivity contribution >= 4 is 44.6 Å². The molecule has 5 aliphatic rings. The standard InChI is InChI=1S/C42H58N4O9S/c1-8-26-21-42(26,39(50)45-56(51,52)41(6)16-17-41)22-32(47)36-24(2)34-23-46(36)38(49)28(40(3,4)5)20-35(48)54-33-18-25(33)12-10-9-11-13-30-37(55-34)44-31-19-27(53-7)14-15-29(31)43-30/h14-15,19,24-26,28,33-34,36H,8-13,16-18,20-23H2,1-7H3,(H,45,50)/t24-,25-,26-,28-,33-,34+,36+,42-/m1/s1. The van der Waals surface area contributed by atoms with Crippen molar-refractivity contribution in [2.45, 2.75) is 142 Å². The summed E-state index contributed by atoms with van der Waals surface area (Å²) in [4.78, 5) is 68.4. The van der Waals surface area contributed by atoms with Crippen LogP contribution in [0.25, 0.3) is 11.0 Å². The SMILES string of the molecule is CC[C@@H]1C[C@]1(CC(=O)[C@@H]1[C@H](C)[C@@H]2CN1C(=O)[C@H](C(C)(C)C)CC(=O)O[C@@H]1C[C@H]1CCCCCc1nc3ccc(OC)cc3nc1O2)C(=O)NS(=O)(=O)C1(C)CC1. The Bertz CT molecular complexity index is 2010. The second-order valence-corrected chi connectivity index (χ2v) is 20.7. The van der Waals surface area contributed by atoms with Crippen molar-refractivity contribution < 1.29 is 41.8 Å². The number of aryl methyl sites for hydroxylation is 1. The summed E-state index contributed by atoms with van der Waals surface area (Å²) in [6, 6.07) is 4.50. The second-order valence-electron chi connectivity index (χ2n) is 18.5. The van der Waals surface area contributed by atoms with Crippen molar-refractivity contribution in [3.05, 3.63) is 23.9 Å². The van der Waals surface area contributed by atoms with Crippen LogP contribution >= 0.6 is 0 Å². The molecule has 2 amide bonds. The van der Waals surface area contributed by atoms with Crippen LogP contribution < -0.4 is 14.2 Å². The monoisotopic (exact) mass is 794 g/mol. The molecule has 1 aromatic heterocycles. The zero-order valence-electron chi connectivity index (χ0n) is 33.9. The molecule has 1 aromatic carbocycles. The maximum atomic E-state index is 14.9. The Morgan fingerprint density at radius 2 is 1.80 bits per heavy atom. The lowest BCUT2D eigenvalue weighted by molar-refractivity contribution is -0.154. The van der Waals surface area contributed by atoms with Gasteiger partial charge in [-0.15, -0.1) is 0 Å². The summed E-state index contributed by atoms with van der Waals surface area (Å²) in [5.41, 5.74) is 0.119. The Balaban J connectivity index is 1.24. The van der Waals surface area contributed by atoms with E-state index in [1.807, 2.05) is 46.8 Å². The average molecular weight is 795 g/mol. The van der Waals surface area contributed by atoms with E-state index in [1.165, 1.54) is 4.90 Å². The molecule has 3 heterocycles. The Morgan fingerprint density at radius 3 is 2.46 bits per heavy atom. The average Bonchev–Trinajstić information content (AvgIpc) is 4.09. The quantitative estimate of drug-likeness (QED) is 0.325. The van der Waals surface area contributed by atoms with Crippen LogP contribution in [-0.4, -0.2) is 83.5 Å². The summed E-state index contributed by atoms with van der Waals surface area (Å²) < 4.78 is 45.8. The molecule has 14 heteroatoms. The highest BCUT2D eigenvalue weighted by Gasteiger charge is 2.63. The third kappa shape index (κ3) is 7.87. The minimum atomic E-state index is -3.93. The number of sulfonamides is 1. The molecule has 2 aliphatic heterocycles. The lowest BCUT2D eigenvalue weighted by Gasteiger charge is -2.35. The number of ketones is 1. The number of amides is 2. The first-order valence-corrected chi connectivity index (χ1v) is 22.0. The third-order valence-corrected chi connectivity index (χ3v) is 15.6. The van der Waals surface area contributed by atoms with E-state index in [0.29, 0.717) is 66.4 Å². The van der Waals surface area contributed by atoms with Gasteiger partial charge in [-0.3, -0.25) is 23.9 Å². The highest BCUT2D eigenvalue weighted by atomic mass is 32.2. The van der Waals surface area contributed by atoms with Crippen LogP contribution in [0.1, 0.15) is 118 Å². The summed E-state index contributed by atoms with van der Waals surface area (Å²) in [6.07, 6.45) is 5.90. The zero-order chi connectivity index (χ0) is 40.4. The van der Waals surface area contributed by atoms with E-state index in [0.717, 1.165) is 32.1 Å². The number of carbonyl (C=O) groups is 4. The first-order chi connectivity index (χ1) is 26.4. The minimum Gasteiger partial charge on any atom is -0.497 e. The van der Waals surface area contributed by atoms with Crippen LogP contribution in [-0.2, 0) is 40.4 Å². The van der Waals surface area contributed by atoms with Crippen LogP contribution in [0.4, 0.5) is 0 Å². The fourth-order valence-electron chi connectivity index (χ4n) is 8.97. The van der Waals surface area contributed by atoms with Crippen molar-refractivity contribution in [1.82, 2.24) is 19.6 Å². The molecule has 3 aliphatic carbocycles. The molecular formula is C42H58N4O9S. The molecule has 1 N–H and O–H groups in total. The molecule has 0 radical (unpaired) electrons. The summed E-state index contributed by atoms with van der Waals surface area (Å²) in [5.74, 6) is -2.04. The first-order valence-electron chi connectivity index (χ1n) is 20.5. The Morgan fingerprint density at radius 1 is 1.05 bits per heavy atom. The van der Waals surface area contributed by atoms with Crippen LogP contribution in [0.2, 0.25) is 0 Å². The van der Waals surface area contributed by atoms with Crippen LogP contribution in [0.5, 0.6) is 11.6 Å². The van der Waals surface area contributed by atoms with Gasteiger partial charge in [-0.25, -0.2) is 18.4 Å². The van der Waals surface area contributed by atoms with Gasteiger partial charge >= 0.3 is 5.97 Å². The molecule has 0 unspecified atom stereocenters. The summed E-state index contributed by atoms with van der Waals surface area (Å²) in [5, 5.41) is 0. The number of methoxy groups -OCH3 is 1. The number of aromatic nitrogens is 2. The topological polar surface area (TPSA) is 171 Å². The molecule has 13 nitrogen and oxygen atoms in total. The summed E-state index contributed by atoms with van der Waals surface area (Å²) in [7, 11) is -2.34. The van der Waals surface area contributed by atoms with Crippen LogP contribution in [0.3, 0.4) is 0 Å². The van der Waals surface area contributed by atoms with Crippen molar-refractivity contribution in [2.75, 3.05) is 13.7 Å². The molecule has 3 saturated carbocycles. The van der Waals surface area contributed by atoms with Gasteiger partial charge in [0, 0.05) is 18.4 Å². The van der Waals surface area contributed by atoms with Gasteiger partial charge in [0.25, 0.3) is 0 Å². The lowest BCUT2D eigenvalue weighted by atomic mass is 9.77. The van der Waals surface area contributed by atoms with Crippen molar-refractivity contribution in [3.8, 4) is 11.6 Å². The van der Waals surface area contributed by atoms with Crippen molar-refractivity contribution in [2.24, 2.45) is 34.5 Å². The Hall–Kier alpha value is -3.81. The van der Waals surface area contributed by atoms with Gasteiger partial charge in [0.2, 0.25) is 27.7 Å². The maximum Gasteiger partial charge on any atom is 0.306 e. The van der Waals surface area contributed by atoms with E-state index >= 15 is 0 Å². The number of fused-ring (bicyclic) bond motifs is 5. The molecular weight excluding hydrogens is 737 g/mol. The van der Waals surface area contributed by atoms with Crippen LogP contribution in [0, 0.1) is 34.5 Å². The summed E-state index contributed by atoms with van der Waals surface area (Å²) >= 11 is 0. The molecule has 0 spiro atoms. The molecule has 56 heavy (non-hydrogen) atoms. The molecule has 2 bridgehead atoms. The fourth-order valence-corrected chi connectivity index (χ4v) is 10.3. The number of Topliss-reactive ketones (excluding diaryl/α,β-unsaturated/α-hetero) is 1. The van der Waals surface area contributed by atoms with Gasteiger partial charge in [0.05, 0.1) is 53.2 Å². The van der Waals surface area contributed by atoms with E-state index in [-0.39, 0.29) is 43.1 Å². The lowest BCUT2D eigenvalue weighted by Crippen LogP contribution is -2.50. The van der Waals surface area contributed by atoms with Gasteiger partial charge in [-0.05, 0) is 81.3 Å². The normalized spacial score (nSPS) is 31.8. The number of rotatable bonds is 8. The molecule has 7 rings (SSSR count). The van der Waals surface area contributed by atoms with Gasteiger partial charge in [-0.2, -0.15) is 0 Å². The Kier molecular flexibility index (Phi) is 10.7. The fraction of sp³-hybridized carbons (Fsp3) is 0.714. The van der Waals surface area contributed by atoms with Gasteiger partial charge in [0.15, 0.2) is 5.78 Å². The zero-order valence-corrected chi connectivity index (χ0v) is 34.7. The van der Waals surface area contributed by atoms with Gasteiger partial charge in [0.1, 0.15) is 23.7 Å². The second kappa shape index (κ2) is 14.8. The van der Waals surface area contributed by atoms with E-state index in [9.17, 15) is 27.6 Å². The maximum absolute atomic E-state index is 14.9. The number of esters is 1.